The van der Waals surface area contributed by atoms with E-state index in [0.29, 0.717) is 11.0 Å². The highest BCUT2D eigenvalue weighted by Crippen LogP contribution is 2.19. The maximum absolute atomic E-state index is 13.9. The van der Waals surface area contributed by atoms with Crippen molar-refractivity contribution in [3.8, 4) is 0 Å². The van der Waals surface area contributed by atoms with E-state index in [1.165, 1.54) is 23.0 Å². The van der Waals surface area contributed by atoms with Crippen molar-refractivity contribution in [2.75, 3.05) is 6.54 Å². The van der Waals surface area contributed by atoms with Gasteiger partial charge in [-0.2, -0.15) is 5.10 Å². The first kappa shape index (κ1) is 16.5. The molecule has 0 saturated carbocycles. The molecule has 0 amide bonds. The minimum Gasteiger partial charge on any atom is -0.480 e. The van der Waals surface area contributed by atoms with Crippen LogP contribution in [-0.2, 0) is 11.3 Å². The van der Waals surface area contributed by atoms with Crippen LogP contribution in [0.4, 0.5) is 8.78 Å². The summed E-state index contributed by atoms with van der Waals surface area (Å²) in [5.41, 5.74) is 6.55. The highest BCUT2D eigenvalue weighted by molar-refractivity contribution is 6.06. The van der Waals surface area contributed by atoms with Gasteiger partial charge in [0.05, 0.1) is 11.9 Å². The van der Waals surface area contributed by atoms with Crippen LogP contribution in [0.5, 0.6) is 0 Å². The molecule has 0 atom stereocenters. The molecule has 1 aromatic carbocycles. The number of hydrogen-bond donors (Lipinski definition) is 2. The lowest BCUT2D eigenvalue weighted by Crippen LogP contribution is -2.17. The predicted molar refractivity (Wildman–Crippen MR) is 86.2 cm³/mol. The molecule has 0 aliphatic heterocycles. The minimum atomic E-state index is -1.13. The number of aliphatic carboxylic acids is 1. The summed E-state index contributed by atoms with van der Waals surface area (Å²) in [5, 5.41) is 13.5. The van der Waals surface area contributed by atoms with Gasteiger partial charge >= 0.3 is 5.97 Å². The second-order valence-corrected chi connectivity index (χ2v) is 5.19. The zero-order valence-electron chi connectivity index (χ0n) is 12.9. The lowest BCUT2D eigenvalue weighted by Gasteiger charge is -2.05. The summed E-state index contributed by atoms with van der Waals surface area (Å²) in [6, 6.07) is 7.21. The van der Waals surface area contributed by atoms with Crippen LogP contribution in [-0.4, -0.2) is 38.2 Å². The van der Waals surface area contributed by atoms with Gasteiger partial charge < -0.3 is 10.8 Å². The molecule has 25 heavy (non-hydrogen) atoms. The fourth-order valence-corrected chi connectivity index (χ4v) is 2.37. The molecular weight excluding hydrogens is 332 g/mol. The molecule has 2 heterocycles. The van der Waals surface area contributed by atoms with E-state index in [2.05, 4.69) is 15.1 Å². The number of rotatable bonds is 5. The van der Waals surface area contributed by atoms with Crippen LogP contribution in [0, 0.1) is 11.6 Å². The van der Waals surface area contributed by atoms with Crippen molar-refractivity contribution in [2.45, 2.75) is 6.54 Å². The molecular formula is C16H13F2N5O2. The zero-order chi connectivity index (χ0) is 18.0. The van der Waals surface area contributed by atoms with Gasteiger partial charge in [-0.25, -0.2) is 18.4 Å². The van der Waals surface area contributed by atoms with Crippen molar-refractivity contribution in [3.63, 3.8) is 0 Å². The third-order valence-electron chi connectivity index (χ3n) is 3.49. The fraction of sp³-hybridized carbons (Fsp3) is 0.125. The number of carbonyl (C=O) groups is 1. The Balaban J connectivity index is 2.06. The number of pyridine rings is 1. The molecule has 0 bridgehead atoms. The summed E-state index contributed by atoms with van der Waals surface area (Å²) in [4.78, 5) is 18.6. The van der Waals surface area contributed by atoms with Crippen LogP contribution in [0.25, 0.3) is 11.0 Å². The fourth-order valence-electron chi connectivity index (χ4n) is 2.37. The van der Waals surface area contributed by atoms with Gasteiger partial charge in [0.15, 0.2) is 17.3 Å². The Labute approximate surface area is 140 Å². The Bertz CT molecular complexity index is 984. The quantitative estimate of drug-likeness (QED) is 0.539. The second kappa shape index (κ2) is 6.63. The molecule has 0 aliphatic carbocycles. The van der Waals surface area contributed by atoms with Gasteiger partial charge in [0, 0.05) is 11.8 Å². The Morgan fingerprint density at radius 3 is 2.84 bits per heavy atom. The molecule has 2 aromatic heterocycles. The number of carboxylic acid groups (broad SMARTS) is 1. The van der Waals surface area contributed by atoms with Gasteiger partial charge in [0.25, 0.3) is 0 Å². The number of nitrogens with two attached hydrogens (primary N) is 1. The molecule has 0 aliphatic rings. The van der Waals surface area contributed by atoms with Crippen molar-refractivity contribution < 1.29 is 18.7 Å². The second-order valence-electron chi connectivity index (χ2n) is 5.19. The van der Waals surface area contributed by atoms with E-state index in [1.54, 1.807) is 12.1 Å². The highest BCUT2D eigenvalue weighted by Gasteiger charge is 2.16. The van der Waals surface area contributed by atoms with E-state index in [0.717, 1.165) is 6.07 Å². The lowest BCUT2D eigenvalue weighted by atomic mass is 10.2. The monoisotopic (exact) mass is 345 g/mol. The van der Waals surface area contributed by atoms with E-state index in [4.69, 9.17) is 10.8 Å². The van der Waals surface area contributed by atoms with Gasteiger partial charge in [0.2, 0.25) is 0 Å². The summed E-state index contributed by atoms with van der Waals surface area (Å²) in [6.45, 7) is -0.567. The van der Waals surface area contributed by atoms with Gasteiger partial charge in [-0.3, -0.25) is 9.79 Å². The topological polar surface area (TPSA) is 106 Å². The Kier molecular flexibility index (Phi) is 4.38. The molecule has 0 spiro atoms. The molecule has 0 radical (unpaired) electrons. The number of aliphatic imine (C=N–C) groups is 1. The number of hydrogen-bond acceptors (Lipinski definition) is 4. The normalized spacial score (nSPS) is 11.8. The van der Waals surface area contributed by atoms with Crippen LogP contribution in [0.2, 0.25) is 0 Å². The van der Waals surface area contributed by atoms with Crippen LogP contribution in [0.15, 0.2) is 41.5 Å². The Morgan fingerprint density at radius 1 is 1.28 bits per heavy atom. The summed E-state index contributed by atoms with van der Waals surface area (Å²) < 4.78 is 28.7. The van der Waals surface area contributed by atoms with E-state index in [1.807, 2.05) is 0 Å². The molecule has 0 fully saturated rings. The molecule has 3 aromatic rings. The largest absolute Gasteiger partial charge is 0.480 e. The van der Waals surface area contributed by atoms with Crippen molar-refractivity contribution in [2.24, 2.45) is 10.7 Å². The van der Waals surface area contributed by atoms with Gasteiger partial charge in [-0.1, -0.05) is 12.1 Å². The van der Waals surface area contributed by atoms with Crippen molar-refractivity contribution in [1.29, 1.82) is 0 Å². The Hall–Kier alpha value is -3.36. The number of amidine groups is 1. The maximum atomic E-state index is 13.9. The van der Waals surface area contributed by atoms with Gasteiger partial charge in [0.1, 0.15) is 18.1 Å². The van der Waals surface area contributed by atoms with E-state index in [9.17, 15) is 13.6 Å². The molecule has 128 valence electrons. The van der Waals surface area contributed by atoms with Crippen molar-refractivity contribution in [3.05, 3.63) is 59.4 Å². The molecule has 9 heteroatoms. The van der Waals surface area contributed by atoms with E-state index >= 15 is 0 Å². The average Bonchev–Trinajstić information content (AvgIpc) is 2.96. The Morgan fingerprint density at radius 2 is 2.08 bits per heavy atom. The first-order valence-corrected chi connectivity index (χ1v) is 7.24. The predicted octanol–water partition coefficient (Wildman–Crippen LogP) is 1.55. The van der Waals surface area contributed by atoms with Crippen LogP contribution >= 0.6 is 0 Å². The third-order valence-corrected chi connectivity index (χ3v) is 3.49. The average molecular weight is 345 g/mol. The summed E-state index contributed by atoms with van der Waals surface area (Å²) in [6.07, 6.45) is 1.52. The number of carboxylic acids is 1. The molecule has 0 unspecified atom stereocenters. The molecule has 3 N–H and O–H groups in total. The number of nitrogens with zero attached hydrogens (tertiary/aromatic N) is 4. The number of aromatic nitrogens is 3. The van der Waals surface area contributed by atoms with Gasteiger partial charge in [-0.05, 0) is 18.2 Å². The number of fused-ring (bicyclic) bond motifs is 1. The number of benzene rings is 1. The van der Waals surface area contributed by atoms with Crippen LogP contribution in [0.3, 0.4) is 0 Å². The molecule has 3 rings (SSSR count). The zero-order valence-corrected chi connectivity index (χ0v) is 12.9. The van der Waals surface area contributed by atoms with Crippen molar-refractivity contribution >= 4 is 22.8 Å². The molecule has 0 saturated heterocycles. The van der Waals surface area contributed by atoms with E-state index < -0.39 is 24.1 Å². The van der Waals surface area contributed by atoms with Gasteiger partial charge in [-0.15, -0.1) is 0 Å². The van der Waals surface area contributed by atoms with Crippen molar-refractivity contribution in [1.82, 2.24) is 14.8 Å². The standard InChI is InChI=1S/C16H13F2N5O2/c17-11-5-1-3-9(13(11)18)8-23-16-10(4-2-6-20-16)14(22-23)15(19)21-7-12(24)25/h1-6H,7-8H2,(H2,19,21)(H,24,25). The molecule has 7 nitrogen and oxygen atoms in total. The maximum Gasteiger partial charge on any atom is 0.325 e. The smallest absolute Gasteiger partial charge is 0.325 e. The summed E-state index contributed by atoms with van der Waals surface area (Å²) >= 11 is 0. The third kappa shape index (κ3) is 3.30. The SMILES string of the molecule is NC(=NCC(=O)O)c1nn(Cc2cccc(F)c2F)c2ncccc12. The highest BCUT2D eigenvalue weighted by atomic mass is 19.2. The van der Waals surface area contributed by atoms with Crippen LogP contribution < -0.4 is 5.73 Å². The van der Waals surface area contributed by atoms with Crippen LogP contribution in [0.1, 0.15) is 11.3 Å². The first-order chi connectivity index (χ1) is 12.0. The van der Waals surface area contributed by atoms with E-state index in [-0.39, 0.29) is 23.6 Å². The minimum absolute atomic E-state index is 0.0662. The number of halogens is 2. The summed E-state index contributed by atoms with van der Waals surface area (Å²) in [7, 11) is 0. The summed E-state index contributed by atoms with van der Waals surface area (Å²) in [5.74, 6) is -3.12. The first-order valence-electron chi connectivity index (χ1n) is 7.24. The lowest BCUT2D eigenvalue weighted by molar-refractivity contribution is -0.135.